The number of primary amides is 2. The van der Waals surface area contributed by atoms with E-state index < -0.39 is 33.3 Å². The maximum absolute atomic E-state index is 12.2. The molecule has 0 radical (unpaired) electrons. The summed E-state index contributed by atoms with van der Waals surface area (Å²) in [5.41, 5.74) is 14.9. The van der Waals surface area contributed by atoms with Crippen LogP contribution in [-0.4, -0.2) is 89.5 Å². The van der Waals surface area contributed by atoms with Crippen molar-refractivity contribution in [3.05, 3.63) is 47.1 Å². The Balaban J connectivity index is 1.50. The van der Waals surface area contributed by atoms with E-state index in [0.29, 0.717) is 43.6 Å². The molecule has 13 heteroatoms. The second kappa shape index (κ2) is 9.71. The number of nitrogens with two attached hydrogens (primary N) is 2. The van der Waals surface area contributed by atoms with Crippen LogP contribution in [0.4, 0.5) is 5.69 Å². The van der Waals surface area contributed by atoms with E-state index in [1.165, 1.54) is 22.3 Å². The van der Waals surface area contributed by atoms with E-state index in [-0.39, 0.29) is 12.6 Å². The minimum Gasteiger partial charge on any atom is -0.391 e. The summed E-state index contributed by atoms with van der Waals surface area (Å²) in [5, 5.41) is 12.8. The number of H-pyrrole nitrogens is 1. The molecular formula is C24H30N6O5S2. The predicted octanol–water partition coefficient (Wildman–Crippen LogP) is 0.587. The van der Waals surface area contributed by atoms with E-state index >= 15 is 0 Å². The molecule has 11 nitrogen and oxygen atoms in total. The third-order valence-corrected chi connectivity index (χ3v) is 9.53. The maximum Gasteiger partial charge on any atom is 0.250 e. The molecule has 0 saturated carbocycles. The number of anilines is 1. The number of nitrogens with zero attached hydrogens (tertiary/aromatic N) is 3. The summed E-state index contributed by atoms with van der Waals surface area (Å²) in [6, 6.07) is 5.18. The topological polar surface area (TPSA) is 166 Å². The Bertz CT molecular complexity index is 1420. The van der Waals surface area contributed by atoms with Crippen LogP contribution in [0.1, 0.15) is 28.9 Å². The summed E-state index contributed by atoms with van der Waals surface area (Å²) >= 11 is 1.32. The number of rotatable bonds is 6. The van der Waals surface area contributed by atoms with Crippen LogP contribution in [0.2, 0.25) is 0 Å². The SMILES string of the molecule is CS(=O)(=O)N1CC=C(c2cc3c(N4CC[C@@H](O)[C@H](N5C=CSC5C(N)=O)C4)ccc(C(N)=O)c3[nH]2)CC1. The van der Waals surface area contributed by atoms with Gasteiger partial charge in [-0.05, 0) is 42.0 Å². The minimum atomic E-state index is -3.27. The van der Waals surface area contributed by atoms with Crippen molar-refractivity contribution in [2.24, 2.45) is 11.5 Å². The zero-order valence-electron chi connectivity index (χ0n) is 20.3. The molecule has 1 unspecified atom stereocenters. The fraction of sp³-hybridized carbons (Fsp3) is 0.417. The van der Waals surface area contributed by atoms with Crippen molar-refractivity contribution in [1.82, 2.24) is 14.2 Å². The first-order valence-electron chi connectivity index (χ1n) is 12.0. The number of sulfonamides is 1. The summed E-state index contributed by atoms with van der Waals surface area (Å²) in [4.78, 5) is 31.5. The lowest BCUT2D eigenvalue weighted by Gasteiger charge is -2.43. The molecule has 1 saturated heterocycles. The average molecular weight is 547 g/mol. The summed E-state index contributed by atoms with van der Waals surface area (Å²) < 4.78 is 25.2. The van der Waals surface area contributed by atoms with Crippen molar-refractivity contribution in [1.29, 1.82) is 0 Å². The second-order valence-electron chi connectivity index (χ2n) is 9.56. The van der Waals surface area contributed by atoms with Crippen LogP contribution in [0.3, 0.4) is 0 Å². The number of aromatic amines is 1. The third-order valence-electron chi connectivity index (χ3n) is 7.25. The van der Waals surface area contributed by atoms with Gasteiger partial charge < -0.3 is 31.4 Å². The van der Waals surface area contributed by atoms with Gasteiger partial charge in [0.1, 0.15) is 0 Å². The number of fused-ring (bicyclic) bond motifs is 1. The Labute approximate surface area is 219 Å². The largest absolute Gasteiger partial charge is 0.391 e. The maximum atomic E-state index is 12.2. The van der Waals surface area contributed by atoms with Crippen molar-refractivity contribution in [3.8, 4) is 0 Å². The molecule has 0 aliphatic carbocycles. The Kier molecular flexibility index (Phi) is 6.73. The van der Waals surface area contributed by atoms with Crippen molar-refractivity contribution in [2.45, 2.75) is 30.4 Å². The molecule has 0 bridgehead atoms. The van der Waals surface area contributed by atoms with E-state index in [1.54, 1.807) is 12.3 Å². The van der Waals surface area contributed by atoms with Crippen LogP contribution in [-0.2, 0) is 14.8 Å². The molecule has 3 aliphatic heterocycles. The first kappa shape index (κ1) is 25.6. The van der Waals surface area contributed by atoms with Gasteiger partial charge in [0.15, 0.2) is 5.37 Å². The van der Waals surface area contributed by atoms with Gasteiger partial charge in [-0.3, -0.25) is 9.59 Å². The monoisotopic (exact) mass is 546 g/mol. The molecule has 3 atom stereocenters. The number of carbonyl (C=O) groups excluding carboxylic acids is 2. The van der Waals surface area contributed by atoms with Gasteiger partial charge in [0.2, 0.25) is 10.0 Å². The standard InChI is InChI=1S/C24H30N6O5S2/c1-37(34,35)29-8-4-14(5-9-29)17-12-16-18(3-2-15(22(25)32)21(16)27-17)28-7-6-20(31)19(13-28)30-10-11-36-24(30)23(26)33/h2-4,10-12,19-20,24,27,31H,5-9,13H2,1H3,(H2,25,32)(H2,26,33)/t19-,20-,24?/m1/s1. The highest BCUT2D eigenvalue weighted by molar-refractivity contribution is 8.03. The number of aliphatic hydroxyl groups excluding tert-OH is 1. The van der Waals surface area contributed by atoms with Crippen LogP contribution in [0, 0.1) is 0 Å². The fourth-order valence-corrected chi connectivity index (χ4v) is 6.94. The van der Waals surface area contributed by atoms with Crippen molar-refractivity contribution in [2.75, 3.05) is 37.3 Å². The van der Waals surface area contributed by atoms with Gasteiger partial charge in [0, 0.05) is 49.1 Å². The normalized spacial score (nSPS) is 25.0. The van der Waals surface area contributed by atoms with Crippen LogP contribution < -0.4 is 16.4 Å². The highest BCUT2D eigenvalue weighted by atomic mass is 32.2. The van der Waals surface area contributed by atoms with Crippen LogP contribution >= 0.6 is 11.8 Å². The van der Waals surface area contributed by atoms with Gasteiger partial charge in [0.25, 0.3) is 11.8 Å². The van der Waals surface area contributed by atoms with Gasteiger partial charge in [-0.1, -0.05) is 17.8 Å². The number of amides is 2. The molecule has 2 aromatic rings. The van der Waals surface area contributed by atoms with Crippen LogP contribution in [0.5, 0.6) is 0 Å². The number of aromatic nitrogens is 1. The third kappa shape index (κ3) is 4.83. The lowest BCUT2D eigenvalue weighted by Crippen LogP contribution is -2.57. The molecule has 1 fully saturated rings. The Hall–Kier alpha value is -3.00. The van der Waals surface area contributed by atoms with E-state index in [2.05, 4.69) is 9.88 Å². The first-order chi connectivity index (χ1) is 17.5. The highest BCUT2D eigenvalue weighted by Crippen LogP contribution is 2.37. The summed E-state index contributed by atoms with van der Waals surface area (Å²) in [5.74, 6) is -1.01. The van der Waals surface area contributed by atoms with Gasteiger partial charge >= 0.3 is 0 Å². The summed E-state index contributed by atoms with van der Waals surface area (Å²) in [6.45, 7) is 1.70. The van der Waals surface area contributed by atoms with E-state index in [1.807, 2.05) is 28.5 Å². The number of benzene rings is 1. The van der Waals surface area contributed by atoms with Crippen molar-refractivity contribution < 1.29 is 23.1 Å². The smallest absolute Gasteiger partial charge is 0.250 e. The zero-order valence-corrected chi connectivity index (χ0v) is 22.0. The predicted molar refractivity (Wildman–Crippen MR) is 144 cm³/mol. The lowest BCUT2D eigenvalue weighted by atomic mass is 9.98. The number of piperidine rings is 1. The Morgan fingerprint density at radius 3 is 2.65 bits per heavy atom. The Morgan fingerprint density at radius 2 is 2.00 bits per heavy atom. The fourth-order valence-electron chi connectivity index (χ4n) is 5.31. The molecule has 6 N–H and O–H groups in total. The van der Waals surface area contributed by atoms with Crippen molar-refractivity contribution in [3.63, 3.8) is 0 Å². The molecule has 1 aromatic carbocycles. The van der Waals surface area contributed by atoms with Crippen LogP contribution in [0.25, 0.3) is 16.5 Å². The van der Waals surface area contributed by atoms with Gasteiger partial charge in [-0.2, -0.15) is 4.31 Å². The average Bonchev–Trinajstić information content (AvgIpc) is 3.51. The molecule has 37 heavy (non-hydrogen) atoms. The number of hydrogen-bond acceptors (Lipinski definition) is 8. The molecule has 5 rings (SSSR count). The first-order valence-corrected chi connectivity index (χ1v) is 14.8. The number of thioether (sulfide) groups is 1. The lowest BCUT2D eigenvalue weighted by molar-refractivity contribution is -0.120. The van der Waals surface area contributed by atoms with Crippen molar-refractivity contribution >= 4 is 55.8 Å². The Morgan fingerprint density at radius 1 is 1.22 bits per heavy atom. The van der Waals surface area contributed by atoms with Gasteiger partial charge in [-0.15, -0.1) is 0 Å². The second-order valence-corrected chi connectivity index (χ2v) is 12.5. The summed E-state index contributed by atoms with van der Waals surface area (Å²) in [7, 11) is -3.27. The number of carbonyl (C=O) groups is 2. The molecule has 1 aromatic heterocycles. The highest BCUT2D eigenvalue weighted by Gasteiger charge is 2.38. The molecule has 2 amide bonds. The van der Waals surface area contributed by atoms with E-state index in [4.69, 9.17) is 11.5 Å². The molecule has 0 spiro atoms. The molecular weight excluding hydrogens is 516 g/mol. The number of aliphatic hydroxyl groups is 1. The molecule has 4 heterocycles. The minimum absolute atomic E-state index is 0.285. The molecule has 3 aliphatic rings. The zero-order chi connectivity index (χ0) is 26.5. The quantitative estimate of drug-likeness (QED) is 0.408. The van der Waals surface area contributed by atoms with Gasteiger partial charge in [0.05, 0.1) is 29.5 Å². The number of hydrogen-bond donors (Lipinski definition) is 4. The van der Waals surface area contributed by atoms with Gasteiger partial charge in [-0.25, -0.2) is 8.42 Å². The van der Waals surface area contributed by atoms with E-state index in [9.17, 15) is 23.1 Å². The van der Waals surface area contributed by atoms with E-state index in [0.717, 1.165) is 22.3 Å². The molecule has 198 valence electrons. The number of nitrogens with one attached hydrogen (secondary N) is 1. The van der Waals surface area contributed by atoms with Crippen LogP contribution in [0.15, 0.2) is 35.9 Å². The summed E-state index contributed by atoms with van der Waals surface area (Å²) in [6.07, 6.45) is 5.28.